The molecule has 0 saturated carbocycles. The third-order valence-electron chi connectivity index (χ3n) is 2.34. The van der Waals surface area contributed by atoms with Gasteiger partial charge < -0.3 is 0 Å². The molecule has 2 rings (SSSR count). The van der Waals surface area contributed by atoms with E-state index in [2.05, 4.69) is 46.6 Å². The van der Waals surface area contributed by atoms with E-state index in [9.17, 15) is 0 Å². The molecule has 0 nitrogen and oxygen atoms in total. The molecule has 0 amide bonds. The van der Waals surface area contributed by atoms with Gasteiger partial charge in [-0.05, 0) is 47.9 Å². The summed E-state index contributed by atoms with van der Waals surface area (Å²) in [5.74, 6) is 17.2. The number of rotatable bonds is 0. The topological polar surface area (TPSA) is 0 Å². The van der Waals surface area contributed by atoms with Gasteiger partial charge in [-0.15, -0.1) is 11.1 Å². The first-order valence-electron chi connectivity index (χ1n) is 6.32. The van der Waals surface area contributed by atoms with E-state index < -0.39 is 0 Å². The van der Waals surface area contributed by atoms with Crippen molar-refractivity contribution in [2.75, 3.05) is 0 Å². The molecule has 2 aromatic rings. The highest BCUT2D eigenvalue weighted by atomic mass is 28.2. The van der Waals surface area contributed by atoms with Gasteiger partial charge in [-0.1, -0.05) is 48.2 Å². The normalized spacial score (nSPS) is 7.62. The average molecular weight is 278 g/mol. The van der Waals surface area contributed by atoms with Crippen LogP contribution in [0.25, 0.3) is 0 Å². The Morgan fingerprint density at radius 3 is 1.38 bits per heavy atom. The number of hydrogen-bond acceptors (Lipinski definition) is 0. The van der Waals surface area contributed by atoms with Gasteiger partial charge >= 0.3 is 0 Å². The summed E-state index contributed by atoms with van der Waals surface area (Å²) in [7, 11) is 0.240. The Labute approximate surface area is 128 Å². The van der Waals surface area contributed by atoms with Crippen LogP contribution < -0.4 is 0 Å². The fraction of sp³-hybridized carbons (Fsp3) is 0. The first-order valence-corrected chi connectivity index (χ1v) is 7.32. The van der Waals surface area contributed by atoms with Crippen molar-refractivity contribution in [1.29, 1.82) is 0 Å². The molecular formula is C20H10Si. The summed E-state index contributed by atoms with van der Waals surface area (Å²) in [5, 5.41) is 0. The van der Waals surface area contributed by atoms with Crippen molar-refractivity contribution in [3.63, 3.8) is 0 Å². The second kappa shape index (κ2) is 8.91. The highest BCUT2D eigenvalue weighted by Gasteiger charge is 1.80. The van der Waals surface area contributed by atoms with Crippen LogP contribution in [0.2, 0.25) is 0 Å². The van der Waals surface area contributed by atoms with Crippen LogP contribution in [0.5, 0.6) is 0 Å². The molecule has 0 aromatic heterocycles. The molecule has 0 aliphatic heterocycles. The summed E-state index contributed by atoms with van der Waals surface area (Å²) in [6.45, 7) is 0. The molecule has 94 valence electrons. The molecule has 0 unspecified atom stereocenters. The first kappa shape index (κ1) is 14.3. The Morgan fingerprint density at radius 1 is 0.524 bits per heavy atom. The molecule has 0 fully saturated rings. The summed E-state index contributed by atoms with van der Waals surface area (Å²) in [6.07, 6.45) is 0. The van der Waals surface area contributed by atoms with Crippen LogP contribution in [-0.2, 0) is 0 Å². The molecule has 0 heterocycles. The molecule has 0 aliphatic carbocycles. The first-order chi connectivity index (χ1) is 10.4. The van der Waals surface area contributed by atoms with Crippen molar-refractivity contribution in [2.24, 2.45) is 0 Å². The van der Waals surface area contributed by atoms with Crippen molar-refractivity contribution in [1.82, 2.24) is 0 Å². The molecule has 2 radical (unpaired) electrons. The highest BCUT2D eigenvalue weighted by Crippen LogP contribution is 1.94. The SMILES string of the molecule is C(C#Cc1ccccc1)#C[Si]C#CC#Cc1ccccc1. The minimum Gasteiger partial charge on any atom is -0.104 e. The largest absolute Gasteiger partial charge is 0.252 e. The molecule has 1 heteroatoms. The Hall–Kier alpha value is -3.10. The third kappa shape index (κ3) is 6.05. The molecule has 0 bridgehead atoms. The number of hydrogen-bond donors (Lipinski definition) is 0. The lowest BCUT2D eigenvalue weighted by Crippen LogP contribution is -1.77. The Balaban J connectivity index is 1.82. The lowest BCUT2D eigenvalue weighted by Gasteiger charge is -1.83. The average Bonchev–Trinajstić information content (AvgIpc) is 2.55. The minimum absolute atomic E-state index is 0.240. The smallest absolute Gasteiger partial charge is 0.104 e. The second-order valence-electron chi connectivity index (χ2n) is 3.86. The molecule has 0 saturated heterocycles. The van der Waals surface area contributed by atoms with E-state index in [4.69, 9.17) is 0 Å². The van der Waals surface area contributed by atoms with Gasteiger partial charge in [-0.25, -0.2) is 0 Å². The van der Waals surface area contributed by atoms with E-state index in [1.165, 1.54) is 0 Å². The van der Waals surface area contributed by atoms with Gasteiger partial charge in [0.15, 0.2) is 0 Å². The molecule has 2 aromatic carbocycles. The molecule has 0 N–H and O–H groups in total. The molecule has 21 heavy (non-hydrogen) atoms. The third-order valence-corrected chi connectivity index (χ3v) is 2.84. The van der Waals surface area contributed by atoms with Gasteiger partial charge in [0.2, 0.25) is 0 Å². The summed E-state index contributed by atoms with van der Waals surface area (Å²) in [5.41, 5.74) is 7.77. The van der Waals surface area contributed by atoms with Gasteiger partial charge in [-0.3, -0.25) is 0 Å². The summed E-state index contributed by atoms with van der Waals surface area (Å²) >= 11 is 0. The summed E-state index contributed by atoms with van der Waals surface area (Å²) < 4.78 is 0. The zero-order chi connectivity index (χ0) is 14.6. The second-order valence-corrected chi connectivity index (χ2v) is 4.61. The molecule has 0 spiro atoms. The lowest BCUT2D eigenvalue weighted by molar-refractivity contribution is 1.65. The number of benzene rings is 2. The van der Waals surface area contributed by atoms with Crippen molar-refractivity contribution in [2.45, 2.75) is 0 Å². The summed E-state index contributed by atoms with van der Waals surface area (Å²) in [6, 6.07) is 19.6. The van der Waals surface area contributed by atoms with Crippen LogP contribution in [0.4, 0.5) is 0 Å². The van der Waals surface area contributed by atoms with Gasteiger partial charge in [0.25, 0.3) is 9.52 Å². The van der Waals surface area contributed by atoms with Crippen LogP contribution >= 0.6 is 0 Å². The maximum atomic E-state index is 2.97. The van der Waals surface area contributed by atoms with Gasteiger partial charge in [0, 0.05) is 11.1 Å². The molecular weight excluding hydrogens is 268 g/mol. The predicted octanol–water partition coefficient (Wildman–Crippen LogP) is 2.72. The minimum atomic E-state index is 0.240. The standard InChI is InChI=1S/C20H10Si/c1-3-11-19(12-4-1)15-7-9-17-21-18-10-8-16-20-13-5-2-6-14-20/h1-6,11-14H. The van der Waals surface area contributed by atoms with E-state index in [-0.39, 0.29) is 9.52 Å². The quantitative estimate of drug-likeness (QED) is 0.513. The summed E-state index contributed by atoms with van der Waals surface area (Å²) in [4.78, 5) is 0. The van der Waals surface area contributed by atoms with E-state index >= 15 is 0 Å². The highest BCUT2D eigenvalue weighted by molar-refractivity contribution is 6.55. The van der Waals surface area contributed by atoms with Crippen LogP contribution in [0.3, 0.4) is 0 Å². The molecule has 0 atom stereocenters. The predicted molar refractivity (Wildman–Crippen MR) is 87.9 cm³/mol. The van der Waals surface area contributed by atoms with Crippen LogP contribution in [-0.4, -0.2) is 9.52 Å². The van der Waals surface area contributed by atoms with Crippen LogP contribution in [0.15, 0.2) is 60.7 Å². The van der Waals surface area contributed by atoms with Crippen LogP contribution in [0, 0.1) is 46.6 Å². The Kier molecular flexibility index (Phi) is 6.07. The van der Waals surface area contributed by atoms with Crippen LogP contribution in [0.1, 0.15) is 11.1 Å². The fourth-order valence-corrected chi connectivity index (χ4v) is 1.72. The maximum absolute atomic E-state index is 2.97. The molecule has 0 aliphatic rings. The van der Waals surface area contributed by atoms with Gasteiger partial charge in [-0.2, -0.15) is 0 Å². The van der Waals surface area contributed by atoms with Gasteiger partial charge in [0.1, 0.15) is 0 Å². The Morgan fingerprint density at radius 2 is 0.952 bits per heavy atom. The van der Waals surface area contributed by atoms with Crippen molar-refractivity contribution < 1.29 is 0 Å². The van der Waals surface area contributed by atoms with E-state index in [1.807, 2.05) is 60.7 Å². The van der Waals surface area contributed by atoms with Crippen molar-refractivity contribution >= 4 is 9.52 Å². The Bertz CT molecular complexity index is 745. The zero-order valence-electron chi connectivity index (χ0n) is 11.3. The van der Waals surface area contributed by atoms with Crippen molar-refractivity contribution in [3.05, 3.63) is 71.8 Å². The monoisotopic (exact) mass is 278 g/mol. The maximum Gasteiger partial charge on any atom is 0.252 e. The van der Waals surface area contributed by atoms with E-state index in [0.717, 1.165) is 11.1 Å². The fourth-order valence-electron chi connectivity index (χ4n) is 1.41. The lowest BCUT2D eigenvalue weighted by atomic mass is 10.2. The zero-order valence-corrected chi connectivity index (χ0v) is 12.3. The van der Waals surface area contributed by atoms with E-state index in [0.29, 0.717) is 0 Å². The van der Waals surface area contributed by atoms with Crippen molar-refractivity contribution in [3.8, 4) is 46.6 Å². The van der Waals surface area contributed by atoms with E-state index in [1.54, 1.807) is 0 Å². The van der Waals surface area contributed by atoms with Gasteiger partial charge in [0.05, 0.1) is 0 Å².